The Hall–Kier alpha value is -0.0800. The maximum atomic E-state index is 5.26. The van der Waals surface area contributed by atoms with Crippen molar-refractivity contribution in [2.45, 2.75) is 26.3 Å². The minimum Gasteiger partial charge on any atom is -0.271 e. The van der Waals surface area contributed by atoms with Crippen molar-refractivity contribution in [1.29, 1.82) is 0 Å². The third-order valence-corrected chi connectivity index (χ3v) is 2.16. The third-order valence-electron chi connectivity index (χ3n) is 2.16. The van der Waals surface area contributed by atoms with E-state index in [0.717, 1.165) is 11.8 Å². The molecule has 0 aliphatic heterocycles. The summed E-state index contributed by atoms with van der Waals surface area (Å²) >= 11 is 0. The number of hydrogen-bond acceptors (Lipinski definition) is 2. The van der Waals surface area contributed by atoms with Crippen LogP contribution in [-0.4, -0.2) is 6.04 Å². The molecule has 0 amide bonds. The smallest absolute Gasteiger partial charge is 0.0261 e. The number of hydrogen-bond donors (Lipinski definition) is 2. The Morgan fingerprint density at radius 2 is 1.88 bits per heavy atom. The highest BCUT2D eigenvalue weighted by Gasteiger charge is 2.33. The van der Waals surface area contributed by atoms with E-state index in [1.54, 1.807) is 0 Å². The molecule has 1 saturated carbocycles. The topological polar surface area (TPSA) is 38.0 Å². The molecule has 0 spiro atoms. The highest BCUT2D eigenvalue weighted by molar-refractivity contribution is 4.87. The molecule has 2 unspecified atom stereocenters. The number of nitrogens with one attached hydrogen (secondary N) is 1. The van der Waals surface area contributed by atoms with Crippen LogP contribution in [0.25, 0.3) is 0 Å². The molecule has 1 rings (SSSR count). The Morgan fingerprint density at radius 3 is 2.00 bits per heavy atom. The number of nitrogens with two attached hydrogens (primary N) is 1. The van der Waals surface area contributed by atoms with Gasteiger partial charge in [0.1, 0.15) is 0 Å². The van der Waals surface area contributed by atoms with Crippen molar-refractivity contribution in [3.63, 3.8) is 0 Å². The first-order valence-corrected chi connectivity index (χ1v) is 3.22. The van der Waals surface area contributed by atoms with Crippen molar-refractivity contribution in [1.82, 2.24) is 5.43 Å². The molecule has 8 heavy (non-hydrogen) atoms. The molecule has 2 heteroatoms. The molecule has 2 nitrogen and oxygen atoms in total. The van der Waals surface area contributed by atoms with Gasteiger partial charge in [-0.3, -0.25) is 11.3 Å². The molecule has 3 N–H and O–H groups in total. The van der Waals surface area contributed by atoms with E-state index < -0.39 is 0 Å². The SMILES string of the molecule is CC1CC(C)C1NN. The van der Waals surface area contributed by atoms with Gasteiger partial charge in [-0.1, -0.05) is 13.8 Å². The zero-order chi connectivity index (χ0) is 6.15. The second kappa shape index (κ2) is 2.03. The molecule has 0 bridgehead atoms. The van der Waals surface area contributed by atoms with Crippen LogP contribution >= 0.6 is 0 Å². The summed E-state index contributed by atoms with van der Waals surface area (Å²) in [6, 6.07) is 0.579. The van der Waals surface area contributed by atoms with E-state index in [0.29, 0.717) is 6.04 Å². The molecule has 1 aliphatic carbocycles. The average molecular weight is 114 g/mol. The monoisotopic (exact) mass is 114 g/mol. The van der Waals surface area contributed by atoms with Crippen molar-refractivity contribution >= 4 is 0 Å². The fraction of sp³-hybridized carbons (Fsp3) is 1.00. The van der Waals surface area contributed by atoms with Gasteiger partial charge in [-0.15, -0.1) is 0 Å². The molecule has 48 valence electrons. The maximum Gasteiger partial charge on any atom is 0.0261 e. The Morgan fingerprint density at radius 1 is 1.38 bits per heavy atom. The Labute approximate surface area is 50.4 Å². The summed E-state index contributed by atoms with van der Waals surface area (Å²) in [7, 11) is 0. The Balaban J connectivity index is 2.29. The van der Waals surface area contributed by atoms with Crippen molar-refractivity contribution in [2.24, 2.45) is 17.7 Å². The standard InChI is InChI=1S/C6H14N2/c1-4-3-5(2)6(4)8-7/h4-6,8H,3,7H2,1-2H3. The summed E-state index contributed by atoms with van der Waals surface area (Å²) < 4.78 is 0. The van der Waals surface area contributed by atoms with Crippen molar-refractivity contribution in [3.8, 4) is 0 Å². The van der Waals surface area contributed by atoms with Crippen LogP contribution in [0.4, 0.5) is 0 Å². The van der Waals surface area contributed by atoms with Gasteiger partial charge in [0.25, 0.3) is 0 Å². The summed E-state index contributed by atoms with van der Waals surface area (Å²) in [5.74, 6) is 6.84. The zero-order valence-electron chi connectivity index (χ0n) is 5.52. The van der Waals surface area contributed by atoms with E-state index in [1.807, 2.05) is 0 Å². The van der Waals surface area contributed by atoms with Gasteiger partial charge in [0.2, 0.25) is 0 Å². The average Bonchev–Trinajstić information content (AvgIpc) is 1.67. The highest BCUT2D eigenvalue weighted by atomic mass is 15.2. The Kier molecular flexibility index (Phi) is 1.54. The van der Waals surface area contributed by atoms with Gasteiger partial charge < -0.3 is 0 Å². The molecular formula is C6H14N2. The zero-order valence-corrected chi connectivity index (χ0v) is 5.52. The molecule has 0 saturated heterocycles. The fourth-order valence-corrected chi connectivity index (χ4v) is 1.57. The lowest BCUT2D eigenvalue weighted by atomic mass is 9.72. The van der Waals surface area contributed by atoms with Gasteiger partial charge >= 0.3 is 0 Å². The normalized spacial score (nSPS) is 46.1. The fourth-order valence-electron chi connectivity index (χ4n) is 1.57. The number of rotatable bonds is 1. The summed E-state index contributed by atoms with van der Waals surface area (Å²) in [6.07, 6.45) is 1.33. The molecule has 1 fully saturated rings. The predicted molar refractivity (Wildman–Crippen MR) is 34.1 cm³/mol. The minimum absolute atomic E-state index is 0.579. The molecule has 0 radical (unpaired) electrons. The van der Waals surface area contributed by atoms with E-state index >= 15 is 0 Å². The van der Waals surface area contributed by atoms with Gasteiger partial charge in [-0.05, 0) is 18.3 Å². The summed E-state index contributed by atoms with van der Waals surface area (Å²) in [6.45, 7) is 4.45. The lowest BCUT2D eigenvalue weighted by molar-refractivity contribution is 0.141. The molecular weight excluding hydrogens is 100 g/mol. The maximum absolute atomic E-state index is 5.26. The van der Waals surface area contributed by atoms with Gasteiger partial charge in [0, 0.05) is 6.04 Å². The highest BCUT2D eigenvalue weighted by Crippen LogP contribution is 2.32. The van der Waals surface area contributed by atoms with Crippen LogP contribution in [0, 0.1) is 11.8 Å². The second-order valence-electron chi connectivity index (χ2n) is 2.88. The predicted octanol–water partition coefficient (Wildman–Crippen LogP) is 0.494. The van der Waals surface area contributed by atoms with Crippen molar-refractivity contribution < 1.29 is 0 Å². The van der Waals surface area contributed by atoms with Gasteiger partial charge in [-0.25, -0.2) is 0 Å². The van der Waals surface area contributed by atoms with Crippen LogP contribution in [0.2, 0.25) is 0 Å². The lowest BCUT2D eigenvalue weighted by Gasteiger charge is -2.40. The van der Waals surface area contributed by atoms with Crippen molar-refractivity contribution in [2.75, 3.05) is 0 Å². The Bertz CT molecular complexity index is 74.6. The molecule has 2 atom stereocenters. The van der Waals surface area contributed by atoms with E-state index in [4.69, 9.17) is 5.84 Å². The van der Waals surface area contributed by atoms with Crippen LogP contribution in [0.1, 0.15) is 20.3 Å². The van der Waals surface area contributed by atoms with Crippen LogP contribution in [0.15, 0.2) is 0 Å². The second-order valence-corrected chi connectivity index (χ2v) is 2.88. The first-order valence-electron chi connectivity index (χ1n) is 3.22. The molecule has 0 aromatic carbocycles. The first kappa shape index (κ1) is 6.05. The van der Waals surface area contributed by atoms with Crippen LogP contribution in [-0.2, 0) is 0 Å². The summed E-state index contributed by atoms with van der Waals surface area (Å²) in [4.78, 5) is 0. The van der Waals surface area contributed by atoms with Crippen LogP contribution in [0.3, 0.4) is 0 Å². The number of hydrazine groups is 1. The first-order chi connectivity index (χ1) is 3.75. The van der Waals surface area contributed by atoms with E-state index in [9.17, 15) is 0 Å². The molecule has 0 heterocycles. The van der Waals surface area contributed by atoms with Crippen LogP contribution < -0.4 is 11.3 Å². The lowest BCUT2D eigenvalue weighted by Crippen LogP contribution is -2.52. The van der Waals surface area contributed by atoms with E-state index in [-0.39, 0.29) is 0 Å². The quantitative estimate of drug-likeness (QED) is 0.384. The van der Waals surface area contributed by atoms with E-state index in [1.165, 1.54) is 6.42 Å². The van der Waals surface area contributed by atoms with Gasteiger partial charge in [-0.2, -0.15) is 0 Å². The summed E-state index contributed by atoms with van der Waals surface area (Å²) in [5.41, 5.74) is 2.80. The minimum atomic E-state index is 0.579. The largest absolute Gasteiger partial charge is 0.271 e. The molecule has 0 aromatic heterocycles. The van der Waals surface area contributed by atoms with Gasteiger partial charge in [0.15, 0.2) is 0 Å². The van der Waals surface area contributed by atoms with Crippen molar-refractivity contribution in [3.05, 3.63) is 0 Å². The third kappa shape index (κ3) is 0.740. The molecule has 1 aliphatic rings. The summed E-state index contributed by atoms with van der Waals surface area (Å²) in [5, 5.41) is 0. The van der Waals surface area contributed by atoms with E-state index in [2.05, 4.69) is 19.3 Å². The molecule has 0 aromatic rings. The van der Waals surface area contributed by atoms with Gasteiger partial charge in [0.05, 0.1) is 0 Å². The van der Waals surface area contributed by atoms with Crippen LogP contribution in [0.5, 0.6) is 0 Å².